The summed E-state index contributed by atoms with van der Waals surface area (Å²) in [5, 5.41) is 3.47. The lowest BCUT2D eigenvalue weighted by Gasteiger charge is -2.12. The molecule has 0 aromatic heterocycles. The highest BCUT2D eigenvalue weighted by Crippen LogP contribution is 2.27. The number of anilines is 1. The van der Waals surface area contributed by atoms with E-state index in [9.17, 15) is 0 Å². The van der Waals surface area contributed by atoms with E-state index in [-0.39, 0.29) is 0 Å². The molecule has 0 spiro atoms. The Morgan fingerprint density at radius 2 is 1.23 bits per heavy atom. The molecule has 3 rings (SSSR count). The van der Waals surface area contributed by atoms with Crippen molar-refractivity contribution in [2.75, 3.05) is 32.7 Å². The quantitative estimate of drug-likeness (QED) is 0.419. The first kappa shape index (κ1) is 21.3. The largest absolute Gasteiger partial charge is 0.497 e. The average Bonchev–Trinajstić information content (AvgIpc) is 2.81. The monoisotopic (exact) mass is 403 g/mol. The number of hydrogen-bond acceptors (Lipinski definition) is 4. The molecule has 0 atom stereocenters. The van der Waals surface area contributed by atoms with Crippen molar-refractivity contribution in [1.29, 1.82) is 0 Å². The third-order valence-electron chi connectivity index (χ3n) is 4.79. The van der Waals surface area contributed by atoms with Crippen LogP contribution in [0.25, 0.3) is 5.57 Å². The Morgan fingerprint density at radius 3 is 1.70 bits per heavy atom. The van der Waals surface area contributed by atoms with E-state index in [0.29, 0.717) is 6.61 Å². The van der Waals surface area contributed by atoms with Crippen LogP contribution in [0.4, 0.5) is 5.69 Å². The first-order chi connectivity index (χ1) is 14.7. The van der Waals surface area contributed by atoms with Crippen LogP contribution in [0.3, 0.4) is 0 Å². The summed E-state index contributed by atoms with van der Waals surface area (Å²) in [5.41, 5.74) is 4.58. The minimum atomic E-state index is 0.678. The summed E-state index contributed by atoms with van der Waals surface area (Å²) in [7, 11) is 3.36. The minimum Gasteiger partial charge on any atom is -0.497 e. The molecular weight excluding hydrogens is 374 g/mol. The third kappa shape index (κ3) is 5.80. The Labute approximate surface area is 179 Å². The molecule has 0 saturated heterocycles. The van der Waals surface area contributed by atoms with E-state index in [4.69, 9.17) is 14.2 Å². The molecule has 0 heterocycles. The highest BCUT2D eigenvalue weighted by atomic mass is 16.5. The van der Waals surface area contributed by atoms with Crippen molar-refractivity contribution in [3.8, 4) is 17.2 Å². The van der Waals surface area contributed by atoms with Gasteiger partial charge in [0, 0.05) is 12.2 Å². The Kier molecular flexibility index (Phi) is 7.78. The summed E-state index contributed by atoms with van der Waals surface area (Å²) < 4.78 is 16.1. The Morgan fingerprint density at radius 1 is 0.733 bits per heavy atom. The Bertz CT molecular complexity index is 880. The summed E-state index contributed by atoms with van der Waals surface area (Å²) in [5.74, 6) is 2.60. The molecule has 1 N–H and O–H groups in total. The molecule has 0 aliphatic heterocycles. The maximum Gasteiger partial charge on any atom is 0.119 e. The zero-order valence-electron chi connectivity index (χ0n) is 17.9. The van der Waals surface area contributed by atoms with E-state index >= 15 is 0 Å². The van der Waals surface area contributed by atoms with Gasteiger partial charge in [-0.15, -0.1) is 0 Å². The predicted octanol–water partition coefficient (Wildman–Crippen LogP) is 6.04. The second-order valence-corrected chi connectivity index (χ2v) is 6.75. The van der Waals surface area contributed by atoms with Crippen molar-refractivity contribution in [3.05, 3.63) is 90.0 Å². The van der Waals surface area contributed by atoms with E-state index < -0.39 is 0 Å². The van der Waals surface area contributed by atoms with Crippen LogP contribution in [0.2, 0.25) is 0 Å². The maximum atomic E-state index is 5.49. The minimum absolute atomic E-state index is 0.678. The molecule has 0 fully saturated rings. The summed E-state index contributed by atoms with van der Waals surface area (Å²) in [6.45, 7) is 3.50. The molecule has 0 unspecified atom stereocenters. The van der Waals surface area contributed by atoms with Gasteiger partial charge < -0.3 is 19.5 Å². The van der Waals surface area contributed by atoms with Gasteiger partial charge in [-0.3, -0.25) is 0 Å². The number of ether oxygens (including phenoxy) is 3. The van der Waals surface area contributed by atoms with E-state index in [1.165, 1.54) is 5.57 Å². The molecule has 0 aliphatic carbocycles. The number of nitrogens with one attached hydrogen (secondary N) is 1. The fourth-order valence-corrected chi connectivity index (χ4v) is 3.21. The normalized spacial score (nSPS) is 10.2. The second kappa shape index (κ2) is 11.0. The SMILES string of the molecule is CCOc1ccc(NCCC=C(c2ccc(OC)cc2)c2ccc(OC)cc2)cc1. The van der Waals surface area contributed by atoms with Gasteiger partial charge in [0.1, 0.15) is 17.2 Å². The standard InChI is InChI=1S/C26H29NO3/c1-4-30-25-17-11-22(12-18-25)27-19-5-6-26(20-7-13-23(28-2)14-8-20)21-9-15-24(29-3)16-10-21/h6-18,27H,4-5,19H2,1-3H3. The van der Waals surface area contributed by atoms with Crippen LogP contribution in [-0.2, 0) is 0 Å². The molecule has 0 bridgehead atoms. The number of methoxy groups -OCH3 is 2. The van der Waals surface area contributed by atoms with Gasteiger partial charge in [0.25, 0.3) is 0 Å². The Balaban J connectivity index is 1.72. The molecule has 0 aliphatic rings. The fourth-order valence-electron chi connectivity index (χ4n) is 3.21. The maximum absolute atomic E-state index is 5.49. The van der Waals surface area contributed by atoms with Crippen LogP contribution in [0.15, 0.2) is 78.9 Å². The fraction of sp³-hybridized carbons (Fsp3) is 0.231. The van der Waals surface area contributed by atoms with E-state index in [1.54, 1.807) is 14.2 Å². The van der Waals surface area contributed by atoms with Gasteiger partial charge >= 0.3 is 0 Å². The van der Waals surface area contributed by atoms with Crippen molar-refractivity contribution in [3.63, 3.8) is 0 Å². The van der Waals surface area contributed by atoms with Crippen LogP contribution < -0.4 is 19.5 Å². The lowest BCUT2D eigenvalue weighted by Crippen LogP contribution is -2.01. The van der Waals surface area contributed by atoms with Crippen molar-refractivity contribution in [1.82, 2.24) is 0 Å². The molecule has 3 aromatic rings. The van der Waals surface area contributed by atoms with Crippen molar-refractivity contribution in [2.45, 2.75) is 13.3 Å². The zero-order chi connectivity index (χ0) is 21.2. The molecule has 0 radical (unpaired) electrons. The first-order valence-corrected chi connectivity index (χ1v) is 10.2. The van der Waals surface area contributed by atoms with Crippen LogP contribution in [0.5, 0.6) is 17.2 Å². The van der Waals surface area contributed by atoms with Crippen LogP contribution in [0.1, 0.15) is 24.5 Å². The molecule has 4 nitrogen and oxygen atoms in total. The third-order valence-corrected chi connectivity index (χ3v) is 4.79. The van der Waals surface area contributed by atoms with Gasteiger partial charge in [-0.2, -0.15) is 0 Å². The van der Waals surface area contributed by atoms with Gasteiger partial charge in [-0.1, -0.05) is 30.3 Å². The van der Waals surface area contributed by atoms with E-state index in [0.717, 1.165) is 47.0 Å². The highest BCUT2D eigenvalue weighted by Gasteiger charge is 2.06. The number of benzene rings is 3. The van der Waals surface area contributed by atoms with E-state index in [1.807, 2.05) is 55.5 Å². The number of hydrogen-bond donors (Lipinski definition) is 1. The van der Waals surface area contributed by atoms with E-state index in [2.05, 4.69) is 35.7 Å². The lowest BCUT2D eigenvalue weighted by atomic mass is 9.96. The average molecular weight is 404 g/mol. The molecule has 0 amide bonds. The summed E-state index contributed by atoms with van der Waals surface area (Å²) in [4.78, 5) is 0. The van der Waals surface area contributed by atoms with Crippen molar-refractivity contribution >= 4 is 11.3 Å². The van der Waals surface area contributed by atoms with Gasteiger partial charge in [-0.05, 0) is 78.6 Å². The van der Waals surface area contributed by atoms with Gasteiger partial charge in [-0.25, -0.2) is 0 Å². The van der Waals surface area contributed by atoms with Crippen LogP contribution in [-0.4, -0.2) is 27.4 Å². The number of rotatable bonds is 10. The zero-order valence-corrected chi connectivity index (χ0v) is 17.9. The van der Waals surface area contributed by atoms with Crippen molar-refractivity contribution < 1.29 is 14.2 Å². The van der Waals surface area contributed by atoms with Gasteiger partial charge in [0.15, 0.2) is 0 Å². The topological polar surface area (TPSA) is 39.7 Å². The predicted molar refractivity (Wildman–Crippen MR) is 124 cm³/mol. The van der Waals surface area contributed by atoms with Gasteiger partial charge in [0.2, 0.25) is 0 Å². The molecule has 30 heavy (non-hydrogen) atoms. The molecule has 4 heteroatoms. The van der Waals surface area contributed by atoms with Crippen molar-refractivity contribution in [2.24, 2.45) is 0 Å². The van der Waals surface area contributed by atoms with Crippen LogP contribution in [0, 0.1) is 0 Å². The van der Waals surface area contributed by atoms with Gasteiger partial charge in [0.05, 0.1) is 20.8 Å². The molecule has 0 saturated carbocycles. The smallest absolute Gasteiger partial charge is 0.119 e. The summed E-state index contributed by atoms with van der Waals surface area (Å²) in [6, 6.07) is 24.4. The molecule has 3 aromatic carbocycles. The second-order valence-electron chi connectivity index (χ2n) is 6.75. The van der Waals surface area contributed by atoms with Crippen LogP contribution >= 0.6 is 0 Å². The summed E-state index contributed by atoms with van der Waals surface area (Å²) in [6.07, 6.45) is 3.16. The Hall–Kier alpha value is -3.40. The molecular formula is C26H29NO3. The molecule has 156 valence electrons. The summed E-state index contributed by atoms with van der Waals surface area (Å²) >= 11 is 0. The lowest BCUT2D eigenvalue weighted by molar-refractivity contribution is 0.340. The first-order valence-electron chi connectivity index (χ1n) is 10.2. The highest BCUT2D eigenvalue weighted by molar-refractivity contribution is 5.80.